The normalized spacial score (nSPS) is 11.5. The molecule has 32 heavy (non-hydrogen) atoms. The van der Waals surface area contributed by atoms with Gasteiger partial charge in [-0.3, -0.25) is 18.5 Å². The Morgan fingerprint density at radius 3 is 2.44 bits per heavy atom. The molecule has 3 heterocycles. The van der Waals surface area contributed by atoms with Gasteiger partial charge >= 0.3 is 5.69 Å². The Bertz CT molecular complexity index is 1610. The third-order valence-electron chi connectivity index (χ3n) is 5.56. The highest BCUT2D eigenvalue weighted by Gasteiger charge is 2.24. The van der Waals surface area contributed by atoms with E-state index in [-0.39, 0.29) is 0 Å². The van der Waals surface area contributed by atoms with E-state index in [1.165, 1.54) is 11.6 Å². The molecule has 0 unspecified atom stereocenters. The second-order valence-electron chi connectivity index (χ2n) is 7.48. The van der Waals surface area contributed by atoms with Crippen LogP contribution in [0.2, 0.25) is 5.02 Å². The summed E-state index contributed by atoms with van der Waals surface area (Å²) in [5.74, 6) is 1.67. The number of imidazole rings is 1. The van der Waals surface area contributed by atoms with Crippen LogP contribution in [0.3, 0.4) is 0 Å². The number of aromatic nitrogens is 6. The fourth-order valence-corrected chi connectivity index (χ4v) is 4.16. The van der Waals surface area contributed by atoms with Gasteiger partial charge in [-0.05, 0) is 42.0 Å². The zero-order chi connectivity index (χ0) is 22.6. The van der Waals surface area contributed by atoms with E-state index in [2.05, 4.69) is 10.2 Å². The minimum absolute atomic E-state index is 0.335. The van der Waals surface area contributed by atoms with Gasteiger partial charge in [0.15, 0.2) is 17.0 Å². The Balaban J connectivity index is 1.87. The molecule has 0 N–H and O–H groups in total. The standard InChI is InChI=1S/C22H19ClN6O3/c1-26-19-17(20(30)27(2)22(26)31)28(12-13-5-4-6-15(23)11-13)21-25-24-18(29(19)21)14-7-9-16(32-3)10-8-14/h4-11H,12H2,1-3H3. The predicted molar refractivity (Wildman–Crippen MR) is 122 cm³/mol. The molecule has 0 saturated heterocycles. The van der Waals surface area contributed by atoms with E-state index in [0.717, 1.165) is 15.7 Å². The molecule has 5 aromatic rings. The second kappa shape index (κ2) is 7.38. The van der Waals surface area contributed by atoms with Crippen molar-refractivity contribution < 1.29 is 4.74 Å². The minimum Gasteiger partial charge on any atom is -0.497 e. The van der Waals surface area contributed by atoms with E-state index < -0.39 is 11.2 Å². The highest BCUT2D eigenvalue weighted by atomic mass is 35.5. The number of ether oxygens (including phenoxy) is 1. The van der Waals surface area contributed by atoms with E-state index in [1.807, 2.05) is 42.5 Å². The second-order valence-corrected chi connectivity index (χ2v) is 7.92. The van der Waals surface area contributed by atoms with Crippen molar-refractivity contribution in [3.63, 3.8) is 0 Å². The lowest BCUT2D eigenvalue weighted by atomic mass is 10.2. The van der Waals surface area contributed by atoms with Gasteiger partial charge in [0.25, 0.3) is 5.56 Å². The summed E-state index contributed by atoms with van der Waals surface area (Å²) in [7, 11) is 4.69. The first-order valence-corrected chi connectivity index (χ1v) is 10.2. The maximum absolute atomic E-state index is 13.2. The van der Waals surface area contributed by atoms with E-state index in [9.17, 15) is 9.59 Å². The van der Waals surface area contributed by atoms with Crippen LogP contribution in [0.1, 0.15) is 5.56 Å². The molecule has 0 saturated carbocycles. The van der Waals surface area contributed by atoms with Crippen LogP contribution in [0, 0.1) is 0 Å². The Kier molecular flexibility index (Phi) is 4.63. The third kappa shape index (κ3) is 2.93. The highest BCUT2D eigenvalue weighted by Crippen LogP contribution is 2.26. The Morgan fingerprint density at radius 1 is 1.00 bits per heavy atom. The van der Waals surface area contributed by atoms with Crippen molar-refractivity contribution in [2.24, 2.45) is 14.1 Å². The zero-order valence-corrected chi connectivity index (χ0v) is 18.4. The SMILES string of the molecule is COc1ccc(-c2nnc3n(Cc4cccc(Cl)c4)c4c(=O)n(C)c(=O)n(C)c4n23)cc1. The summed E-state index contributed by atoms with van der Waals surface area (Å²) in [4.78, 5) is 25.9. The van der Waals surface area contributed by atoms with E-state index in [4.69, 9.17) is 16.3 Å². The summed E-state index contributed by atoms with van der Waals surface area (Å²) >= 11 is 6.17. The third-order valence-corrected chi connectivity index (χ3v) is 5.79. The van der Waals surface area contributed by atoms with Gasteiger partial charge in [-0.2, -0.15) is 0 Å². The van der Waals surface area contributed by atoms with Gasteiger partial charge in [-0.15, -0.1) is 10.2 Å². The van der Waals surface area contributed by atoms with Crippen molar-refractivity contribution >= 4 is 28.5 Å². The lowest BCUT2D eigenvalue weighted by Crippen LogP contribution is -2.37. The largest absolute Gasteiger partial charge is 0.497 e. The lowest BCUT2D eigenvalue weighted by molar-refractivity contribution is 0.415. The van der Waals surface area contributed by atoms with Crippen LogP contribution in [0.25, 0.3) is 28.3 Å². The van der Waals surface area contributed by atoms with Crippen LogP contribution in [-0.2, 0) is 20.6 Å². The Labute approximate surface area is 186 Å². The first-order valence-electron chi connectivity index (χ1n) is 9.83. The fourth-order valence-electron chi connectivity index (χ4n) is 3.95. The molecule has 0 radical (unpaired) electrons. The molecule has 9 nitrogen and oxygen atoms in total. The number of rotatable bonds is 4. The number of hydrogen-bond acceptors (Lipinski definition) is 5. The van der Waals surface area contributed by atoms with Gasteiger partial charge in [0.1, 0.15) is 5.75 Å². The Hall–Kier alpha value is -3.85. The van der Waals surface area contributed by atoms with Gasteiger partial charge in [-0.25, -0.2) is 9.20 Å². The van der Waals surface area contributed by atoms with Gasteiger partial charge < -0.3 is 4.74 Å². The van der Waals surface area contributed by atoms with Crippen LogP contribution >= 0.6 is 11.6 Å². The number of halogens is 1. The monoisotopic (exact) mass is 450 g/mol. The minimum atomic E-state index is -0.432. The summed E-state index contributed by atoms with van der Waals surface area (Å²) in [5, 5.41) is 9.35. The molecule has 0 atom stereocenters. The molecule has 5 rings (SSSR count). The van der Waals surface area contributed by atoms with Crippen LogP contribution in [0.4, 0.5) is 0 Å². The summed E-state index contributed by atoms with van der Waals surface area (Å²) in [5.41, 5.74) is 1.60. The molecule has 0 amide bonds. The molecule has 0 spiro atoms. The fraction of sp³-hybridized carbons (Fsp3) is 0.182. The van der Waals surface area contributed by atoms with Crippen LogP contribution in [-0.4, -0.2) is 35.4 Å². The zero-order valence-electron chi connectivity index (χ0n) is 17.6. The predicted octanol–water partition coefficient (Wildman–Crippen LogP) is 2.46. The molecular weight excluding hydrogens is 432 g/mol. The summed E-state index contributed by atoms with van der Waals surface area (Å²) < 4.78 is 11.3. The number of aryl methyl sites for hydroxylation is 1. The van der Waals surface area contributed by atoms with E-state index >= 15 is 0 Å². The van der Waals surface area contributed by atoms with E-state index in [1.54, 1.807) is 29.2 Å². The maximum Gasteiger partial charge on any atom is 0.332 e. The highest BCUT2D eigenvalue weighted by molar-refractivity contribution is 6.30. The smallest absolute Gasteiger partial charge is 0.332 e. The summed E-state index contributed by atoms with van der Waals surface area (Å²) in [6.45, 7) is 0.335. The average molecular weight is 451 g/mol. The molecule has 0 fully saturated rings. The molecule has 0 bridgehead atoms. The van der Waals surface area contributed by atoms with Crippen molar-refractivity contribution in [3.05, 3.63) is 80.0 Å². The van der Waals surface area contributed by atoms with Crippen molar-refractivity contribution in [2.45, 2.75) is 6.54 Å². The van der Waals surface area contributed by atoms with E-state index in [0.29, 0.717) is 40.1 Å². The summed E-state index contributed by atoms with van der Waals surface area (Å²) in [6.07, 6.45) is 0. The quantitative estimate of drug-likeness (QED) is 0.419. The summed E-state index contributed by atoms with van der Waals surface area (Å²) in [6, 6.07) is 14.7. The maximum atomic E-state index is 13.2. The molecule has 0 aliphatic heterocycles. The van der Waals surface area contributed by atoms with Crippen molar-refractivity contribution in [1.29, 1.82) is 0 Å². The molecule has 3 aromatic heterocycles. The number of fused-ring (bicyclic) bond motifs is 3. The first-order chi connectivity index (χ1) is 15.4. The van der Waals surface area contributed by atoms with Gasteiger partial charge in [-0.1, -0.05) is 23.7 Å². The number of benzene rings is 2. The average Bonchev–Trinajstić information content (AvgIpc) is 3.35. The Morgan fingerprint density at radius 2 is 1.75 bits per heavy atom. The molecule has 0 aliphatic rings. The van der Waals surface area contributed by atoms with Gasteiger partial charge in [0.2, 0.25) is 5.78 Å². The van der Waals surface area contributed by atoms with Crippen LogP contribution < -0.4 is 16.0 Å². The van der Waals surface area contributed by atoms with Gasteiger partial charge in [0.05, 0.1) is 13.7 Å². The topological polar surface area (TPSA) is 88.3 Å². The molecule has 162 valence electrons. The van der Waals surface area contributed by atoms with Crippen molar-refractivity contribution in [2.75, 3.05) is 7.11 Å². The molecular formula is C22H19ClN6O3. The number of hydrogen-bond donors (Lipinski definition) is 0. The van der Waals surface area contributed by atoms with Crippen LogP contribution in [0.15, 0.2) is 58.1 Å². The lowest BCUT2D eigenvalue weighted by Gasteiger charge is -2.08. The first kappa shape index (κ1) is 20.1. The molecule has 2 aromatic carbocycles. The molecule has 0 aliphatic carbocycles. The number of methoxy groups -OCH3 is 1. The van der Waals surface area contributed by atoms with Crippen LogP contribution in [0.5, 0.6) is 5.75 Å². The van der Waals surface area contributed by atoms with Crippen molar-refractivity contribution in [3.8, 4) is 17.1 Å². The molecule has 10 heteroatoms. The van der Waals surface area contributed by atoms with Crippen molar-refractivity contribution in [1.82, 2.24) is 28.3 Å². The number of nitrogens with zero attached hydrogens (tertiary/aromatic N) is 6. The van der Waals surface area contributed by atoms with Gasteiger partial charge in [0, 0.05) is 24.7 Å².